The number of H-pyrrole nitrogens is 1. The third-order valence-corrected chi connectivity index (χ3v) is 5.12. The Morgan fingerprint density at radius 3 is 2.68 bits per heavy atom. The molecule has 3 aromatic rings. The summed E-state index contributed by atoms with van der Waals surface area (Å²) in [7, 11) is 0. The van der Waals surface area contributed by atoms with E-state index in [0.717, 1.165) is 35.1 Å². The fourth-order valence-electron chi connectivity index (χ4n) is 4.03. The second-order valence-corrected chi connectivity index (χ2v) is 7.45. The fraction of sp³-hybridized carbons (Fsp3) is 0.333. The summed E-state index contributed by atoms with van der Waals surface area (Å²) in [6, 6.07) is 10.6. The number of carbonyl (C=O) groups is 1. The summed E-state index contributed by atoms with van der Waals surface area (Å²) >= 11 is 0. The Morgan fingerprint density at radius 1 is 1.21 bits per heavy atom. The molecule has 0 saturated carbocycles. The number of aromatic nitrogens is 2. The average molecular weight is 380 g/mol. The van der Waals surface area contributed by atoms with Gasteiger partial charge in [-0.1, -0.05) is 12.1 Å². The highest BCUT2D eigenvalue weighted by molar-refractivity contribution is 5.88. The minimum absolute atomic E-state index is 0.210. The predicted octanol–water partition coefficient (Wildman–Crippen LogP) is 2.53. The molecule has 3 N–H and O–H groups in total. The van der Waals surface area contributed by atoms with Crippen LogP contribution in [-0.4, -0.2) is 45.8 Å². The molecule has 1 aromatic carbocycles. The molecule has 0 bridgehead atoms. The summed E-state index contributed by atoms with van der Waals surface area (Å²) < 4.78 is 6.74. The molecule has 146 valence electrons. The lowest BCUT2D eigenvalue weighted by Gasteiger charge is -2.35. The standard InChI is InChI=1S/C21H24N4O3/c1-13-10-24(11-14(2)28-13)12-15-5-3-7-18-17(15)9-19(23-18)16-6-4-8-25(20(16)26)21(22)27/h3-9,13-14,23H,10-12H2,1-2H3,(H2,22,27). The van der Waals surface area contributed by atoms with Gasteiger partial charge in [0.2, 0.25) is 0 Å². The maximum atomic E-state index is 12.6. The number of benzene rings is 1. The molecule has 2 aromatic heterocycles. The Balaban J connectivity index is 1.71. The molecule has 0 spiro atoms. The summed E-state index contributed by atoms with van der Waals surface area (Å²) in [6.07, 6.45) is 1.80. The number of aromatic amines is 1. The average Bonchev–Trinajstić information content (AvgIpc) is 3.06. The van der Waals surface area contributed by atoms with Crippen molar-refractivity contribution in [2.45, 2.75) is 32.6 Å². The summed E-state index contributed by atoms with van der Waals surface area (Å²) in [5, 5.41) is 1.07. The van der Waals surface area contributed by atoms with Crippen LogP contribution in [0.4, 0.5) is 4.79 Å². The number of ether oxygens (including phenoxy) is 1. The van der Waals surface area contributed by atoms with Crippen molar-refractivity contribution < 1.29 is 9.53 Å². The van der Waals surface area contributed by atoms with Gasteiger partial charge < -0.3 is 15.5 Å². The first-order valence-electron chi connectivity index (χ1n) is 9.42. The molecule has 3 heterocycles. The van der Waals surface area contributed by atoms with E-state index in [2.05, 4.69) is 29.8 Å². The van der Waals surface area contributed by atoms with E-state index >= 15 is 0 Å². The van der Waals surface area contributed by atoms with Gasteiger partial charge in [0.1, 0.15) is 0 Å². The number of primary amides is 1. The van der Waals surface area contributed by atoms with Crippen molar-refractivity contribution in [3.8, 4) is 11.3 Å². The van der Waals surface area contributed by atoms with Crippen LogP contribution < -0.4 is 11.3 Å². The van der Waals surface area contributed by atoms with Crippen molar-refractivity contribution in [3.63, 3.8) is 0 Å². The van der Waals surface area contributed by atoms with Crippen LogP contribution in [0.5, 0.6) is 0 Å². The van der Waals surface area contributed by atoms with Crippen LogP contribution >= 0.6 is 0 Å². The highest BCUT2D eigenvalue weighted by Gasteiger charge is 2.23. The minimum atomic E-state index is -0.792. The molecule has 0 aliphatic carbocycles. The zero-order chi connectivity index (χ0) is 19.8. The monoisotopic (exact) mass is 380 g/mol. The van der Waals surface area contributed by atoms with Gasteiger partial charge in [0, 0.05) is 36.7 Å². The van der Waals surface area contributed by atoms with Crippen LogP contribution in [0, 0.1) is 0 Å². The molecular weight excluding hydrogens is 356 g/mol. The first kappa shape index (κ1) is 18.5. The van der Waals surface area contributed by atoms with Crippen LogP contribution in [0.2, 0.25) is 0 Å². The largest absolute Gasteiger partial charge is 0.373 e. The first-order chi connectivity index (χ1) is 13.4. The number of hydrogen-bond donors (Lipinski definition) is 2. The van der Waals surface area contributed by atoms with Crippen LogP contribution in [0.15, 0.2) is 47.4 Å². The summed E-state index contributed by atoms with van der Waals surface area (Å²) in [5.41, 5.74) is 8.08. The Hall–Kier alpha value is -2.90. The van der Waals surface area contributed by atoms with Gasteiger partial charge in [-0.15, -0.1) is 0 Å². The number of hydrogen-bond acceptors (Lipinski definition) is 4. The topological polar surface area (TPSA) is 93.4 Å². The number of pyridine rings is 1. The number of nitrogens with one attached hydrogen (secondary N) is 1. The van der Waals surface area contributed by atoms with E-state index in [1.807, 2.05) is 18.2 Å². The molecule has 7 nitrogen and oxygen atoms in total. The zero-order valence-corrected chi connectivity index (χ0v) is 16.0. The molecule has 2 atom stereocenters. The maximum Gasteiger partial charge on any atom is 0.325 e. The maximum absolute atomic E-state index is 12.6. The minimum Gasteiger partial charge on any atom is -0.373 e. The molecule has 2 unspecified atom stereocenters. The van der Waals surface area contributed by atoms with Gasteiger partial charge in [-0.3, -0.25) is 9.69 Å². The van der Waals surface area contributed by atoms with Gasteiger partial charge in [0.15, 0.2) is 0 Å². The van der Waals surface area contributed by atoms with Gasteiger partial charge in [-0.25, -0.2) is 9.36 Å². The highest BCUT2D eigenvalue weighted by Crippen LogP contribution is 2.26. The van der Waals surface area contributed by atoms with Crippen molar-refractivity contribution in [2.75, 3.05) is 13.1 Å². The second-order valence-electron chi connectivity index (χ2n) is 7.45. The van der Waals surface area contributed by atoms with Gasteiger partial charge in [0.25, 0.3) is 5.56 Å². The number of amides is 1. The molecule has 4 rings (SSSR count). The van der Waals surface area contributed by atoms with Crippen molar-refractivity contribution in [1.29, 1.82) is 0 Å². The molecule has 1 saturated heterocycles. The SMILES string of the molecule is CC1CN(Cc2cccc3[nH]c(-c4cccn(C(N)=O)c4=O)cc23)CC(C)O1. The van der Waals surface area contributed by atoms with Crippen molar-refractivity contribution in [3.05, 3.63) is 58.5 Å². The number of morpholine rings is 1. The lowest BCUT2D eigenvalue weighted by Crippen LogP contribution is -2.44. The van der Waals surface area contributed by atoms with Crippen LogP contribution in [-0.2, 0) is 11.3 Å². The predicted molar refractivity (Wildman–Crippen MR) is 108 cm³/mol. The van der Waals surface area contributed by atoms with E-state index in [0.29, 0.717) is 11.3 Å². The fourth-order valence-corrected chi connectivity index (χ4v) is 4.03. The van der Waals surface area contributed by atoms with Crippen molar-refractivity contribution in [1.82, 2.24) is 14.5 Å². The summed E-state index contributed by atoms with van der Waals surface area (Å²) in [5.74, 6) is 0. The van der Waals surface area contributed by atoms with Crippen LogP contribution in [0.25, 0.3) is 22.2 Å². The molecule has 7 heteroatoms. The van der Waals surface area contributed by atoms with E-state index in [1.165, 1.54) is 11.8 Å². The zero-order valence-electron chi connectivity index (χ0n) is 16.0. The second kappa shape index (κ2) is 7.26. The third-order valence-electron chi connectivity index (χ3n) is 5.12. The molecular formula is C21H24N4O3. The van der Waals surface area contributed by atoms with Gasteiger partial charge in [-0.2, -0.15) is 0 Å². The van der Waals surface area contributed by atoms with Crippen molar-refractivity contribution in [2.24, 2.45) is 5.73 Å². The number of rotatable bonds is 3. The molecule has 28 heavy (non-hydrogen) atoms. The van der Waals surface area contributed by atoms with Crippen LogP contribution in [0.1, 0.15) is 19.4 Å². The molecule has 0 radical (unpaired) electrons. The van der Waals surface area contributed by atoms with E-state index in [9.17, 15) is 9.59 Å². The van der Waals surface area contributed by atoms with E-state index in [-0.39, 0.29) is 12.2 Å². The first-order valence-corrected chi connectivity index (χ1v) is 9.42. The highest BCUT2D eigenvalue weighted by atomic mass is 16.5. The van der Waals surface area contributed by atoms with Gasteiger partial charge in [-0.05, 0) is 43.7 Å². The van der Waals surface area contributed by atoms with Crippen LogP contribution in [0.3, 0.4) is 0 Å². The quantitative estimate of drug-likeness (QED) is 0.730. The molecule has 1 aliphatic rings. The number of nitrogens with two attached hydrogens (primary N) is 1. The normalized spacial score (nSPS) is 20.5. The van der Waals surface area contributed by atoms with Gasteiger partial charge >= 0.3 is 6.03 Å². The smallest absolute Gasteiger partial charge is 0.325 e. The number of nitrogens with zero attached hydrogens (tertiary/aromatic N) is 2. The molecule has 1 fully saturated rings. The van der Waals surface area contributed by atoms with E-state index in [4.69, 9.17) is 10.5 Å². The number of fused-ring (bicyclic) bond motifs is 1. The van der Waals surface area contributed by atoms with Gasteiger partial charge in [0.05, 0.1) is 23.5 Å². The molecule has 1 aliphatic heterocycles. The third kappa shape index (κ3) is 3.46. The molecule has 1 amide bonds. The Morgan fingerprint density at radius 2 is 1.96 bits per heavy atom. The Bertz CT molecular complexity index is 1070. The summed E-state index contributed by atoms with van der Waals surface area (Å²) in [4.78, 5) is 29.7. The van der Waals surface area contributed by atoms with E-state index in [1.54, 1.807) is 12.1 Å². The Labute approximate surface area is 162 Å². The lowest BCUT2D eigenvalue weighted by molar-refractivity contribution is -0.0703. The van der Waals surface area contributed by atoms with E-state index < -0.39 is 11.6 Å². The Kier molecular flexibility index (Phi) is 4.78. The summed E-state index contributed by atoms with van der Waals surface area (Å²) in [6.45, 7) is 6.78. The number of carbonyl (C=O) groups excluding carboxylic acids is 1. The lowest BCUT2D eigenvalue weighted by atomic mass is 10.1. The van der Waals surface area contributed by atoms with Crippen molar-refractivity contribution >= 4 is 16.9 Å².